The highest BCUT2D eigenvalue weighted by Crippen LogP contribution is 2.19. The van der Waals surface area contributed by atoms with E-state index in [2.05, 4.69) is 10.6 Å². The van der Waals surface area contributed by atoms with Crippen molar-refractivity contribution < 1.29 is 22.4 Å². The van der Waals surface area contributed by atoms with Gasteiger partial charge in [0.1, 0.15) is 11.6 Å². The van der Waals surface area contributed by atoms with Crippen LogP contribution >= 0.6 is 0 Å². The zero-order valence-electron chi connectivity index (χ0n) is 13.0. The third-order valence-electron chi connectivity index (χ3n) is 3.57. The summed E-state index contributed by atoms with van der Waals surface area (Å²) in [6.45, 7) is 3.13. The lowest BCUT2D eigenvalue weighted by atomic mass is 10.1. The molecule has 0 spiro atoms. The number of hydrogen-bond acceptors (Lipinski definition) is 1. The van der Waals surface area contributed by atoms with E-state index < -0.39 is 41.4 Å². The van der Waals surface area contributed by atoms with Gasteiger partial charge >= 0.3 is 6.03 Å². The van der Waals surface area contributed by atoms with Crippen molar-refractivity contribution in [2.45, 2.75) is 25.9 Å². The van der Waals surface area contributed by atoms with Crippen molar-refractivity contribution in [2.24, 2.45) is 0 Å². The van der Waals surface area contributed by atoms with Crippen molar-refractivity contribution in [1.29, 1.82) is 0 Å². The first-order chi connectivity index (χ1) is 11.3. The predicted octanol–water partition coefficient (Wildman–Crippen LogP) is 4.36. The fraction of sp³-hybridized carbons (Fsp3) is 0.235. The van der Waals surface area contributed by atoms with E-state index in [1.54, 1.807) is 6.92 Å². The van der Waals surface area contributed by atoms with Gasteiger partial charge in [0.2, 0.25) is 0 Å². The van der Waals surface area contributed by atoms with Gasteiger partial charge in [-0.3, -0.25) is 0 Å². The van der Waals surface area contributed by atoms with Gasteiger partial charge in [0.25, 0.3) is 0 Å². The molecule has 128 valence electrons. The van der Waals surface area contributed by atoms with Crippen LogP contribution in [0.3, 0.4) is 0 Å². The smallest absolute Gasteiger partial charge is 0.315 e. The molecule has 3 nitrogen and oxygen atoms in total. The van der Waals surface area contributed by atoms with Gasteiger partial charge < -0.3 is 10.6 Å². The van der Waals surface area contributed by atoms with Crippen molar-refractivity contribution in [1.82, 2.24) is 10.6 Å². The average molecular weight is 340 g/mol. The maximum Gasteiger partial charge on any atom is 0.315 e. The largest absolute Gasteiger partial charge is 0.332 e. The van der Waals surface area contributed by atoms with E-state index in [1.807, 2.05) is 0 Å². The second kappa shape index (κ2) is 7.33. The Balaban J connectivity index is 2.00. The molecule has 0 fully saturated rings. The van der Waals surface area contributed by atoms with Gasteiger partial charge in [-0.2, -0.15) is 0 Å². The number of hydrogen-bond donors (Lipinski definition) is 2. The Hall–Kier alpha value is -2.57. The second-order valence-electron chi connectivity index (χ2n) is 5.40. The molecule has 2 aromatic carbocycles. The van der Waals surface area contributed by atoms with E-state index >= 15 is 0 Å². The average Bonchev–Trinajstić information content (AvgIpc) is 2.49. The molecule has 2 atom stereocenters. The quantitative estimate of drug-likeness (QED) is 0.798. The summed E-state index contributed by atoms with van der Waals surface area (Å²) in [5, 5.41) is 5.04. The first-order valence-corrected chi connectivity index (χ1v) is 7.25. The first-order valence-electron chi connectivity index (χ1n) is 7.25. The maximum atomic E-state index is 13.7. The summed E-state index contributed by atoms with van der Waals surface area (Å²) in [5.41, 5.74) is 0.511. The van der Waals surface area contributed by atoms with Gasteiger partial charge in [-0.05, 0) is 37.6 Å². The number of rotatable bonds is 4. The van der Waals surface area contributed by atoms with Crippen molar-refractivity contribution in [3.8, 4) is 0 Å². The standard InChI is InChI=1S/C17H16F4N2O/c1-9(11-3-6-14(19)16(21)7-11)22-17(24)23-10(2)13-5-4-12(18)8-15(13)20/h3-10H,1-2H3,(H2,22,23,24)/t9-,10-/m1/s1. The molecule has 24 heavy (non-hydrogen) atoms. The SMILES string of the molecule is C[C@@H](NC(=O)N[C@H](C)c1ccc(F)cc1F)c1ccc(F)c(F)c1. The molecule has 2 N–H and O–H groups in total. The molecule has 7 heteroatoms. The molecule has 0 radical (unpaired) electrons. The summed E-state index contributed by atoms with van der Waals surface area (Å²) in [6, 6.07) is 4.46. The normalized spacial score (nSPS) is 13.2. The molecule has 0 aliphatic rings. The summed E-state index contributed by atoms with van der Waals surface area (Å²) in [6.07, 6.45) is 0. The van der Waals surface area contributed by atoms with Gasteiger partial charge in [-0.15, -0.1) is 0 Å². The first kappa shape index (κ1) is 17.8. The lowest BCUT2D eigenvalue weighted by Gasteiger charge is -2.19. The van der Waals surface area contributed by atoms with Crippen molar-refractivity contribution in [3.05, 3.63) is 70.8 Å². The lowest BCUT2D eigenvalue weighted by Crippen LogP contribution is -2.38. The number of carbonyl (C=O) groups excluding carboxylic acids is 1. The third kappa shape index (κ3) is 4.24. The molecule has 0 saturated carbocycles. The number of carbonyl (C=O) groups is 1. The highest BCUT2D eigenvalue weighted by molar-refractivity contribution is 5.75. The number of amides is 2. The molecule has 2 rings (SSSR count). The zero-order valence-corrected chi connectivity index (χ0v) is 13.0. The van der Waals surface area contributed by atoms with E-state index in [9.17, 15) is 22.4 Å². The Morgan fingerprint density at radius 2 is 1.50 bits per heavy atom. The van der Waals surface area contributed by atoms with Crippen molar-refractivity contribution in [2.75, 3.05) is 0 Å². The summed E-state index contributed by atoms with van der Waals surface area (Å²) >= 11 is 0. The summed E-state index contributed by atoms with van der Waals surface area (Å²) in [5.74, 6) is -3.46. The Labute approximate surface area is 136 Å². The predicted molar refractivity (Wildman–Crippen MR) is 81.2 cm³/mol. The van der Waals surface area contributed by atoms with Crippen molar-refractivity contribution >= 4 is 6.03 Å². The van der Waals surface area contributed by atoms with Gasteiger partial charge in [-0.1, -0.05) is 12.1 Å². The van der Waals surface area contributed by atoms with Crippen LogP contribution in [-0.2, 0) is 0 Å². The summed E-state index contributed by atoms with van der Waals surface area (Å²) < 4.78 is 52.7. The Bertz CT molecular complexity index is 751. The summed E-state index contributed by atoms with van der Waals surface area (Å²) in [4.78, 5) is 12.0. The highest BCUT2D eigenvalue weighted by atomic mass is 19.2. The molecule has 0 aliphatic carbocycles. The molecular weight excluding hydrogens is 324 g/mol. The van der Waals surface area contributed by atoms with Crippen LogP contribution in [0.2, 0.25) is 0 Å². The fourth-order valence-corrected chi connectivity index (χ4v) is 2.23. The van der Waals surface area contributed by atoms with E-state index in [0.717, 1.165) is 24.3 Å². The van der Waals surface area contributed by atoms with Gasteiger partial charge in [0, 0.05) is 11.6 Å². The topological polar surface area (TPSA) is 41.1 Å². The molecular formula is C17H16F4N2O. The summed E-state index contributed by atoms with van der Waals surface area (Å²) in [7, 11) is 0. The molecule has 0 aliphatic heterocycles. The molecule has 0 bridgehead atoms. The van der Waals surface area contributed by atoms with Crippen LogP contribution in [0.5, 0.6) is 0 Å². The molecule has 2 amide bonds. The third-order valence-corrected chi connectivity index (χ3v) is 3.57. The van der Waals surface area contributed by atoms with Crippen LogP contribution in [0.15, 0.2) is 36.4 Å². The highest BCUT2D eigenvalue weighted by Gasteiger charge is 2.16. The second-order valence-corrected chi connectivity index (χ2v) is 5.40. The number of nitrogens with one attached hydrogen (secondary N) is 2. The van der Waals surface area contributed by atoms with E-state index in [1.165, 1.54) is 19.1 Å². The Morgan fingerprint density at radius 3 is 2.12 bits per heavy atom. The van der Waals surface area contributed by atoms with Crippen LogP contribution in [-0.4, -0.2) is 6.03 Å². The van der Waals surface area contributed by atoms with E-state index in [4.69, 9.17) is 0 Å². The minimum absolute atomic E-state index is 0.132. The van der Waals surface area contributed by atoms with E-state index in [0.29, 0.717) is 5.56 Å². The van der Waals surface area contributed by atoms with Gasteiger partial charge in [0.15, 0.2) is 11.6 Å². The Kier molecular flexibility index (Phi) is 5.43. The number of benzene rings is 2. The maximum absolute atomic E-state index is 13.7. The minimum atomic E-state index is -1.01. The van der Waals surface area contributed by atoms with Crippen molar-refractivity contribution in [3.63, 3.8) is 0 Å². The van der Waals surface area contributed by atoms with Gasteiger partial charge in [0.05, 0.1) is 12.1 Å². The molecule has 0 aromatic heterocycles. The fourth-order valence-electron chi connectivity index (χ4n) is 2.23. The monoisotopic (exact) mass is 340 g/mol. The van der Waals surface area contributed by atoms with Gasteiger partial charge in [-0.25, -0.2) is 22.4 Å². The van der Waals surface area contributed by atoms with Crippen LogP contribution in [0, 0.1) is 23.3 Å². The van der Waals surface area contributed by atoms with E-state index in [-0.39, 0.29) is 5.56 Å². The van der Waals surface area contributed by atoms with Crippen LogP contribution in [0.1, 0.15) is 37.1 Å². The zero-order chi connectivity index (χ0) is 17.9. The van der Waals surface area contributed by atoms with Crippen LogP contribution in [0.4, 0.5) is 22.4 Å². The molecule has 2 aromatic rings. The minimum Gasteiger partial charge on any atom is -0.332 e. The molecule has 0 heterocycles. The number of halogens is 4. The number of urea groups is 1. The Morgan fingerprint density at radius 1 is 0.833 bits per heavy atom. The molecule has 0 saturated heterocycles. The van der Waals surface area contributed by atoms with Crippen LogP contribution in [0.25, 0.3) is 0 Å². The van der Waals surface area contributed by atoms with Crippen LogP contribution < -0.4 is 10.6 Å². The molecule has 0 unspecified atom stereocenters. The lowest BCUT2D eigenvalue weighted by molar-refractivity contribution is 0.234.